The van der Waals surface area contributed by atoms with Gasteiger partial charge in [-0.25, -0.2) is 8.42 Å². The van der Waals surface area contributed by atoms with E-state index in [0.29, 0.717) is 12.1 Å². The van der Waals surface area contributed by atoms with Crippen LogP contribution < -0.4 is 4.72 Å². The van der Waals surface area contributed by atoms with Gasteiger partial charge in [0.05, 0.1) is 11.4 Å². The van der Waals surface area contributed by atoms with Crippen molar-refractivity contribution in [1.29, 1.82) is 0 Å². The number of rotatable bonds is 13. The largest absolute Gasteiger partial charge is 0.508 e. The summed E-state index contributed by atoms with van der Waals surface area (Å²) in [7, 11) is -3.31. The van der Waals surface area contributed by atoms with Gasteiger partial charge in [0.25, 0.3) is 0 Å². The first-order valence-electron chi connectivity index (χ1n) is 9.24. The second kappa shape index (κ2) is 11.3. The van der Waals surface area contributed by atoms with Crippen molar-refractivity contribution in [3.05, 3.63) is 23.8 Å². The molecule has 1 aromatic carbocycles. The number of unbranched alkanes of at least 4 members (excludes halogenated alkanes) is 9. The Hall–Kier alpha value is -1.23. The van der Waals surface area contributed by atoms with Crippen molar-refractivity contribution in [2.45, 2.75) is 78.1 Å². The second-order valence-electron chi connectivity index (χ2n) is 6.60. The van der Waals surface area contributed by atoms with Crippen LogP contribution in [0.4, 0.5) is 5.69 Å². The lowest BCUT2D eigenvalue weighted by molar-refractivity contribution is 0.475. The highest BCUT2D eigenvalue weighted by molar-refractivity contribution is 7.92. The van der Waals surface area contributed by atoms with Gasteiger partial charge in [0.1, 0.15) is 5.75 Å². The Kier molecular flexibility index (Phi) is 9.84. The third kappa shape index (κ3) is 9.16. The van der Waals surface area contributed by atoms with E-state index in [2.05, 4.69) is 11.6 Å². The zero-order valence-electron chi connectivity index (χ0n) is 15.2. The molecule has 0 radical (unpaired) electrons. The average Bonchev–Trinajstić information content (AvgIpc) is 2.52. The molecule has 0 unspecified atom stereocenters. The number of phenols is 1. The van der Waals surface area contributed by atoms with E-state index in [9.17, 15) is 13.5 Å². The highest BCUT2D eigenvalue weighted by Gasteiger charge is 2.11. The molecule has 2 N–H and O–H groups in total. The number of phenolic OH excluding ortho intramolecular Hbond substituents is 1. The lowest BCUT2D eigenvalue weighted by atomic mass is 10.1. The van der Waals surface area contributed by atoms with Gasteiger partial charge in [-0.2, -0.15) is 0 Å². The van der Waals surface area contributed by atoms with E-state index in [1.54, 1.807) is 19.1 Å². The van der Waals surface area contributed by atoms with Crippen molar-refractivity contribution in [2.75, 3.05) is 10.5 Å². The predicted octanol–water partition coefficient (Wildman–Crippen LogP) is 5.36. The standard InChI is InChI=1S/C19H33NO3S/c1-3-4-5-6-7-8-9-10-11-12-15-24(22,23)20-19-14-13-18(21)16-17(19)2/h13-14,16,20-21H,3-12,15H2,1-2H3. The first-order valence-corrected chi connectivity index (χ1v) is 10.9. The van der Waals surface area contributed by atoms with Gasteiger partial charge in [0.15, 0.2) is 0 Å². The molecular formula is C19H33NO3S. The number of anilines is 1. The number of hydrogen-bond donors (Lipinski definition) is 2. The summed E-state index contributed by atoms with van der Waals surface area (Å²) in [4.78, 5) is 0. The normalized spacial score (nSPS) is 11.6. The zero-order valence-corrected chi connectivity index (χ0v) is 16.0. The maximum absolute atomic E-state index is 12.1. The molecule has 0 atom stereocenters. The summed E-state index contributed by atoms with van der Waals surface area (Å²) in [5.41, 5.74) is 1.27. The minimum absolute atomic E-state index is 0.144. The molecule has 0 heterocycles. The van der Waals surface area contributed by atoms with E-state index in [1.807, 2.05) is 0 Å². The van der Waals surface area contributed by atoms with Crippen LogP contribution in [0.1, 0.15) is 76.7 Å². The average molecular weight is 356 g/mol. The molecule has 5 heteroatoms. The van der Waals surface area contributed by atoms with Gasteiger partial charge in [-0.15, -0.1) is 0 Å². The summed E-state index contributed by atoms with van der Waals surface area (Å²) in [6.45, 7) is 4.00. The highest BCUT2D eigenvalue weighted by atomic mass is 32.2. The van der Waals surface area contributed by atoms with Gasteiger partial charge >= 0.3 is 0 Å². The fraction of sp³-hybridized carbons (Fsp3) is 0.684. The molecule has 0 aliphatic carbocycles. The molecule has 138 valence electrons. The molecular weight excluding hydrogens is 322 g/mol. The topological polar surface area (TPSA) is 66.4 Å². The Balaban J connectivity index is 2.15. The minimum Gasteiger partial charge on any atom is -0.508 e. The first-order chi connectivity index (χ1) is 11.4. The lowest BCUT2D eigenvalue weighted by Gasteiger charge is -2.10. The van der Waals surface area contributed by atoms with Crippen molar-refractivity contribution >= 4 is 15.7 Å². The number of sulfonamides is 1. The van der Waals surface area contributed by atoms with Gasteiger partial charge < -0.3 is 5.11 Å². The molecule has 0 bridgehead atoms. The Morgan fingerprint density at radius 2 is 1.46 bits per heavy atom. The van der Waals surface area contributed by atoms with Crippen molar-refractivity contribution in [1.82, 2.24) is 0 Å². The molecule has 0 spiro atoms. The van der Waals surface area contributed by atoms with Crippen LogP contribution in [0.2, 0.25) is 0 Å². The van der Waals surface area contributed by atoms with Gasteiger partial charge in [0.2, 0.25) is 10.0 Å². The number of hydrogen-bond acceptors (Lipinski definition) is 3. The molecule has 1 aromatic rings. The molecule has 24 heavy (non-hydrogen) atoms. The molecule has 0 fully saturated rings. The Morgan fingerprint density at radius 3 is 2.00 bits per heavy atom. The van der Waals surface area contributed by atoms with Gasteiger partial charge in [0, 0.05) is 0 Å². The van der Waals surface area contributed by atoms with E-state index >= 15 is 0 Å². The smallest absolute Gasteiger partial charge is 0.232 e. The number of aryl methyl sites for hydroxylation is 1. The van der Waals surface area contributed by atoms with Crippen molar-refractivity contribution in [3.63, 3.8) is 0 Å². The van der Waals surface area contributed by atoms with Crippen LogP contribution in [0.15, 0.2) is 18.2 Å². The summed E-state index contributed by atoms with van der Waals surface area (Å²) in [5, 5.41) is 9.36. The summed E-state index contributed by atoms with van der Waals surface area (Å²) in [5.74, 6) is 0.300. The number of aromatic hydroxyl groups is 1. The third-order valence-electron chi connectivity index (χ3n) is 4.24. The van der Waals surface area contributed by atoms with Crippen molar-refractivity contribution in [2.24, 2.45) is 0 Å². The minimum atomic E-state index is -3.31. The highest BCUT2D eigenvalue weighted by Crippen LogP contribution is 2.21. The molecule has 4 nitrogen and oxygen atoms in total. The summed E-state index contributed by atoms with van der Waals surface area (Å²) in [6, 6.07) is 4.64. The molecule has 0 aliphatic rings. The number of benzene rings is 1. The predicted molar refractivity (Wildman–Crippen MR) is 102 cm³/mol. The molecule has 0 aromatic heterocycles. The van der Waals surface area contributed by atoms with Crippen LogP contribution in [0, 0.1) is 6.92 Å². The van der Waals surface area contributed by atoms with E-state index in [0.717, 1.165) is 18.4 Å². The van der Waals surface area contributed by atoms with E-state index in [1.165, 1.54) is 51.0 Å². The van der Waals surface area contributed by atoms with Crippen LogP contribution in [-0.2, 0) is 10.0 Å². The molecule has 0 amide bonds. The van der Waals surface area contributed by atoms with Gasteiger partial charge in [-0.05, 0) is 37.1 Å². The van der Waals surface area contributed by atoms with Crippen molar-refractivity contribution < 1.29 is 13.5 Å². The van der Waals surface area contributed by atoms with Crippen LogP contribution >= 0.6 is 0 Å². The monoisotopic (exact) mass is 355 g/mol. The summed E-state index contributed by atoms with van der Waals surface area (Å²) in [6.07, 6.45) is 11.8. The first kappa shape index (κ1) is 20.8. The lowest BCUT2D eigenvalue weighted by Crippen LogP contribution is -2.17. The third-order valence-corrected chi connectivity index (χ3v) is 5.60. The molecule has 0 aliphatic heterocycles. The summed E-state index contributed by atoms with van der Waals surface area (Å²) >= 11 is 0. The second-order valence-corrected chi connectivity index (χ2v) is 8.44. The molecule has 0 saturated carbocycles. The Morgan fingerprint density at radius 1 is 0.917 bits per heavy atom. The van der Waals surface area contributed by atoms with Crippen LogP contribution in [-0.4, -0.2) is 19.3 Å². The van der Waals surface area contributed by atoms with E-state index < -0.39 is 10.0 Å². The van der Waals surface area contributed by atoms with Crippen LogP contribution in [0.3, 0.4) is 0 Å². The Labute approximate surface area is 147 Å². The summed E-state index contributed by atoms with van der Waals surface area (Å²) < 4.78 is 26.8. The van der Waals surface area contributed by atoms with Gasteiger partial charge in [-0.1, -0.05) is 64.7 Å². The number of nitrogens with one attached hydrogen (secondary N) is 1. The van der Waals surface area contributed by atoms with E-state index in [-0.39, 0.29) is 11.5 Å². The van der Waals surface area contributed by atoms with Crippen molar-refractivity contribution in [3.8, 4) is 5.75 Å². The fourth-order valence-electron chi connectivity index (χ4n) is 2.76. The van der Waals surface area contributed by atoms with Gasteiger partial charge in [-0.3, -0.25) is 4.72 Å². The quantitative estimate of drug-likeness (QED) is 0.369. The van der Waals surface area contributed by atoms with E-state index in [4.69, 9.17) is 0 Å². The Bertz CT molecular complexity index is 570. The zero-order chi connectivity index (χ0) is 17.8. The SMILES string of the molecule is CCCCCCCCCCCCS(=O)(=O)Nc1ccc(O)cc1C. The van der Waals surface area contributed by atoms with Crippen LogP contribution in [0.5, 0.6) is 5.75 Å². The molecule has 1 rings (SSSR count). The van der Waals surface area contributed by atoms with Crippen LogP contribution in [0.25, 0.3) is 0 Å². The maximum atomic E-state index is 12.1. The maximum Gasteiger partial charge on any atom is 0.232 e. The molecule has 0 saturated heterocycles. The fourth-order valence-corrected chi connectivity index (χ4v) is 4.01.